The van der Waals surface area contributed by atoms with Crippen LogP contribution in [-0.4, -0.2) is 6.54 Å². The van der Waals surface area contributed by atoms with Crippen LogP contribution in [0.15, 0.2) is 36.4 Å². The van der Waals surface area contributed by atoms with Crippen LogP contribution in [-0.2, 0) is 0 Å². The van der Waals surface area contributed by atoms with Gasteiger partial charge in [0, 0.05) is 15.8 Å². The minimum atomic E-state index is 0.453. The van der Waals surface area contributed by atoms with Crippen LogP contribution in [0.2, 0.25) is 0 Å². The van der Waals surface area contributed by atoms with E-state index in [1.54, 1.807) is 0 Å². The normalized spacial score (nSPS) is 12.6. The molecule has 96 valence electrons. The van der Waals surface area contributed by atoms with Crippen molar-refractivity contribution in [2.24, 2.45) is 0 Å². The molecule has 2 heteroatoms. The molecular weight excluding hydrogens is 238 g/mol. The standard InChI is InChI=1S/C16H21NS/c1-4-11-17-13(3)15-9-10-16(18-15)14-7-5-12(2)6-8-14/h5-10,13,17H,4,11H2,1-3H3. The van der Waals surface area contributed by atoms with E-state index in [1.807, 2.05) is 11.3 Å². The summed E-state index contributed by atoms with van der Waals surface area (Å²) in [6.45, 7) is 7.64. The van der Waals surface area contributed by atoms with Gasteiger partial charge in [-0.3, -0.25) is 0 Å². The zero-order valence-electron chi connectivity index (χ0n) is 11.4. The number of nitrogens with one attached hydrogen (secondary N) is 1. The van der Waals surface area contributed by atoms with Crippen molar-refractivity contribution in [2.45, 2.75) is 33.2 Å². The second-order valence-corrected chi connectivity index (χ2v) is 5.86. The molecule has 0 aliphatic carbocycles. The lowest BCUT2D eigenvalue weighted by Gasteiger charge is -2.10. The summed E-state index contributed by atoms with van der Waals surface area (Å²) in [5.41, 5.74) is 2.63. The van der Waals surface area contributed by atoms with E-state index in [0.29, 0.717) is 6.04 Å². The Labute approximate surface area is 114 Å². The molecule has 1 aromatic heterocycles. The van der Waals surface area contributed by atoms with Crippen LogP contribution < -0.4 is 5.32 Å². The van der Waals surface area contributed by atoms with E-state index in [9.17, 15) is 0 Å². The van der Waals surface area contributed by atoms with Crippen molar-refractivity contribution < 1.29 is 0 Å². The van der Waals surface area contributed by atoms with E-state index >= 15 is 0 Å². The van der Waals surface area contributed by atoms with E-state index in [1.165, 1.54) is 27.3 Å². The average Bonchev–Trinajstić information content (AvgIpc) is 2.86. The van der Waals surface area contributed by atoms with Gasteiger partial charge in [0.2, 0.25) is 0 Å². The first kappa shape index (κ1) is 13.3. The van der Waals surface area contributed by atoms with Gasteiger partial charge in [0.1, 0.15) is 0 Å². The molecule has 0 spiro atoms. The molecule has 0 saturated carbocycles. The summed E-state index contributed by atoms with van der Waals surface area (Å²) in [7, 11) is 0. The van der Waals surface area contributed by atoms with Crippen molar-refractivity contribution in [3.63, 3.8) is 0 Å². The van der Waals surface area contributed by atoms with Gasteiger partial charge in [-0.05, 0) is 44.5 Å². The third kappa shape index (κ3) is 3.21. The van der Waals surface area contributed by atoms with Crippen molar-refractivity contribution in [1.29, 1.82) is 0 Å². The first-order valence-corrected chi connectivity index (χ1v) is 7.42. The molecule has 1 heterocycles. The van der Waals surface area contributed by atoms with Crippen molar-refractivity contribution in [3.8, 4) is 10.4 Å². The number of benzene rings is 1. The van der Waals surface area contributed by atoms with Gasteiger partial charge in [-0.1, -0.05) is 36.8 Å². The topological polar surface area (TPSA) is 12.0 Å². The molecule has 2 aromatic rings. The fraction of sp³-hybridized carbons (Fsp3) is 0.375. The first-order valence-electron chi connectivity index (χ1n) is 6.61. The van der Waals surface area contributed by atoms with Gasteiger partial charge < -0.3 is 5.32 Å². The molecule has 1 nitrogen and oxygen atoms in total. The van der Waals surface area contributed by atoms with E-state index in [2.05, 4.69) is 62.5 Å². The Morgan fingerprint density at radius 1 is 1.11 bits per heavy atom. The lowest BCUT2D eigenvalue weighted by atomic mass is 10.1. The van der Waals surface area contributed by atoms with Crippen LogP contribution in [0.3, 0.4) is 0 Å². The van der Waals surface area contributed by atoms with Crippen LogP contribution in [0.4, 0.5) is 0 Å². The predicted octanol–water partition coefficient (Wildman–Crippen LogP) is 4.78. The summed E-state index contributed by atoms with van der Waals surface area (Å²) in [6.07, 6.45) is 1.18. The molecule has 1 N–H and O–H groups in total. The van der Waals surface area contributed by atoms with Gasteiger partial charge in [-0.25, -0.2) is 0 Å². The maximum atomic E-state index is 3.53. The smallest absolute Gasteiger partial charge is 0.0386 e. The molecular formula is C16H21NS. The highest BCUT2D eigenvalue weighted by Gasteiger charge is 2.08. The summed E-state index contributed by atoms with van der Waals surface area (Å²) in [5.74, 6) is 0. The van der Waals surface area contributed by atoms with Crippen molar-refractivity contribution in [2.75, 3.05) is 6.54 Å². The van der Waals surface area contributed by atoms with Gasteiger partial charge in [-0.15, -0.1) is 11.3 Å². The third-order valence-corrected chi connectivity index (χ3v) is 4.41. The van der Waals surface area contributed by atoms with Crippen LogP contribution in [0, 0.1) is 6.92 Å². The monoisotopic (exact) mass is 259 g/mol. The first-order chi connectivity index (χ1) is 8.70. The zero-order valence-corrected chi connectivity index (χ0v) is 12.2. The van der Waals surface area contributed by atoms with Gasteiger partial charge in [-0.2, -0.15) is 0 Å². The molecule has 2 rings (SSSR count). The maximum absolute atomic E-state index is 3.53. The molecule has 0 fully saturated rings. The molecule has 0 radical (unpaired) electrons. The molecule has 0 amide bonds. The Hall–Kier alpha value is -1.12. The number of hydrogen-bond acceptors (Lipinski definition) is 2. The Bertz CT molecular complexity index is 484. The van der Waals surface area contributed by atoms with E-state index in [-0.39, 0.29) is 0 Å². The average molecular weight is 259 g/mol. The number of aryl methyl sites for hydroxylation is 1. The summed E-state index contributed by atoms with van der Waals surface area (Å²) in [6, 6.07) is 13.7. The van der Waals surface area contributed by atoms with Crippen LogP contribution in [0.1, 0.15) is 36.8 Å². The Kier molecular flexibility index (Phi) is 4.56. The summed E-state index contributed by atoms with van der Waals surface area (Å²) >= 11 is 1.89. The second kappa shape index (κ2) is 6.17. The maximum Gasteiger partial charge on any atom is 0.0386 e. The number of thiophene rings is 1. The van der Waals surface area contributed by atoms with Crippen molar-refractivity contribution >= 4 is 11.3 Å². The predicted molar refractivity (Wildman–Crippen MR) is 81.2 cm³/mol. The highest BCUT2D eigenvalue weighted by atomic mass is 32.1. The van der Waals surface area contributed by atoms with E-state index in [4.69, 9.17) is 0 Å². The van der Waals surface area contributed by atoms with Crippen LogP contribution in [0.5, 0.6) is 0 Å². The molecule has 0 aliphatic heterocycles. The highest BCUT2D eigenvalue weighted by molar-refractivity contribution is 7.15. The Morgan fingerprint density at radius 2 is 1.83 bits per heavy atom. The summed E-state index contributed by atoms with van der Waals surface area (Å²) < 4.78 is 0. The molecule has 1 unspecified atom stereocenters. The van der Waals surface area contributed by atoms with E-state index in [0.717, 1.165) is 6.54 Å². The van der Waals surface area contributed by atoms with Crippen LogP contribution >= 0.6 is 11.3 Å². The SMILES string of the molecule is CCCNC(C)c1ccc(-c2ccc(C)cc2)s1. The van der Waals surface area contributed by atoms with Gasteiger partial charge in [0.05, 0.1) is 0 Å². The summed E-state index contributed by atoms with van der Waals surface area (Å²) in [4.78, 5) is 2.77. The summed E-state index contributed by atoms with van der Waals surface area (Å²) in [5, 5.41) is 3.53. The Morgan fingerprint density at radius 3 is 2.50 bits per heavy atom. The molecule has 1 aromatic carbocycles. The fourth-order valence-electron chi connectivity index (χ4n) is 1.92. The van der Waals surface area contributed by atoms with Crippen molar-refractivity contribution in [1.82, 2.24) is 5.32 Å². The second-order valence-electron chi connectivity index (χ2n) is 4.74. The highest BCUT2D eigenvalue weighted by Crippen LogP contribution is 2.31. The number of rotatable bonds is 5. The fourth-order valence-corrected chi connectivity index (χ4v) is 2.96. The zero-order chi connectivity index (χ0) is 13.0. The van der Waals surface area contributed by atoms with Gasteiger partial charge >= 0.3 is 0 Å². The minimum Gasteiger partial charge on any atom is -0.309 e. The number of hydrogen-bond donors (Lipinski definition) is 1. The molecule has 18 heavy (non-hydrogen) atoms. The molecule has 0 aliphatic rings. The minimum absolute atomic E-state index is 0.453. The molecule has 0 bridgehead atoms. The third-order valence-electron chi connectivity index (χ3n) is 3.09. The lowest BCUT2D eigenvalue weighted by molar-refractivity contribution is 0.578. The van der Waals surface area contributed by atoms with Crippen LogP contribution in [0.25, 0.3) is 10.4 Å². The molecule has 0 saturated heterocycles. The van der Waals surface area contributed by atoms with Gasteiger partial charge in [0.25, 0.3) is 0 Å². The van der Waals surface area contributed by atoms with Crippen molar-refractivity contribution in [3.05, 3.63) is 46.8 Å². The molecule has 1 atom stereocenters. The quantitative estimate of drug-likeness (QED) is 0.814. The van der Waals surface area contributed by atoms with E-state index < -0.39 is 0 Å². The van der Waals surface area contributed by atoms with Gasteiger partial charge in [0.15, 0.2) is 0 Å². The lowest BCUT2D eigenvalue weighted by Crippen LogP contribution is -2.18. The largest absolute Gasteiger partial charge is 0.309 e. The Balaban J connectivity index is 2.12.